The fourth-order valence-electron chi connectivity index (χ4n) is 2.19. The van der Waals surface area contributed by atoms with Gasteiger partial charge in [0.25, 0.3) is 5.91 Å². The molecule has 0 bridgehead atoms. The van der Waals surface area contributed by atoms with Crippen molar-refractivity contribution in [2.24, 2.45) is 10.9 Å². The Bertz CT molecular complexity index is 610. The Labute approximate surface area is 110 Å². The zero-order valence-electron chi connectivity index (χ0n) is 10.8. The molecule has 0 saturated heterocycles. The lowest BCUT2D eigenvalue weighted by molar-refractivity contribution is -0.117. The lowest BCUT2D eigenvalue weighted by atomic mass is 10.0. The molecule has 100 valence electrons. The summed E-state index contributed by atoms with van der Waals surface area (Å²) >= 11 is 0. The fourth-order valence-corrected chi connectivity index (χ4v) is 2.19. The molecule has 2 heterocycles. The summed E-state index contributed by atoms with van der Waals surface area (Å²) in [5, 5.41) is 0. The maximum Gasteiger partial charge on any atom is 0.336 e. The average molecular weight is 261 g/mol. The molecule has 0 atom stereocenters. The summed E-state index contributed by atoms with van der Waals surface area (Å²) in [5.41, 5.74) is 1.10. The van der Waals surface area contributed by atoms with Crippen LogP contribution in [0.4, 0.5) is 0 Å². The van der Waals surface area contributed by atoms with E-state index >= 15 is 0 Å². The van der Waals surface area contributed by atoms with Crippen molar-refractivity contribution in [1.29, 1.82) is 0 Å². The number of aryl methyl sites for hydroxylation is 1. The Morgan fingerprint density at radius 2 is 2.21 bits per heavy atom. The number of hydrogen-bond donors (Lipinski definition) is 0. The monoisotopic (exact) mass is 261 g/mol. The van der Waals surface area contributed by atoms with Crippen molar-refractivity contribution in [2.45, 2.75) is 32.6 Å². The predicted molar refractivity (Wildman–Crippen MR) is 68.3 cm³/mol. The molecule has 3 rings (SSSR count). The van der Waals surface area contributed by atoms with Crippen LogP contribution in [0.15, 0.2) is 20.3 Å². The molecule has 19 heavy (non-hydrogen) atoms. The normalized spacial score (nSPS) is 17.9. The van der Waals surface area contributed by atoms with Crippen LogP contribution in [0, 0.1) is 5.92 Å². The quantitative estimate of drug-likeness (QED) is 0.826. The van der Waals surface area contributed by atoms with Crippen LogP contribution < -0.4 is 5.63 Å². The number of carbonyl (C=O) groups excluding carboxylic acids is 1. The Morgan fingerprint density at radius 3 is 2.89 bits per heavy atom. The third-order valence-corrected chi connectivity index (χ3v) is 3.40. The minimum atomic E-state index is -0.424. The van der Waals surface area contributed by atoms with E-state index in [-0.39, 0.29) is 12.3 Å². The second kappa shape index (κ2) is 4.64. The number of carbonyl (C=O) groups is 1. The Balaban J connectivity index is 2.00. The Kier molecular flexibility index (Phi) is 2.97. The first-order valence-electron chi connectivity index (χ1n) is 6.58. The molecule has 1 amide bonds. The molecular weight excluding hydrogens is 246 g/mol. The van der Waals surface area contributed by atoms with E-state index in [2.05, 4.69) is 4.99 Å². The van der Waals surface area contributed by atoms with Crippen molar-refractivity contribution < 1.29 is 13.9 Å². The molecular formula is C14H15NO4. The summed E-state index contributed by atoms with van der Waals surface area (Å²) in [6.45, 7) is 2.53. The second-order valence-corrected chi connectivity index (χ2v) is 4.98. The molecule has 0 unspecified atom stereocenters. The minimum Gasteiger partial charge on any atom is -0.477 e. The highest BCUT2D eigenvalue weighted by Gasteiger charge is 2.28. The van der Waals surface area contributed by atoms with Crippen molar-refractivity contribution in [3.8, 4) is 0 Å². The van der Waals surface area contributed by atoms with Gasteiger partial charge in [-0.05, 0) is 30.7 Å². The highest BCUT2D eigenvalue weighted by molar-refractivity contribution is 6.06. The van der Waals surface area contributed by atoms with Crippen LogP contribution in [0.2, 0.25) is 0 Å². The van der Waals surface area contributed by atoms with E-state index in [1.54, 1.807) is 0 Å². The topological polar surface area (TPSA) is 68.9 Å². The highest BCUT2D eigenvalue weighted by atomic mass is 16.5. The van der Waals surface area contributed by atoms with E-state index in [4.69, 9.17) is 9.15 Å². The van der Waals surface area contributed by atoms with Crippen LogP contribution in [0.1, 0.15) is 36.7 Å². The first-order valence-corrected chi connectivity index (χ1v) is 6.58. The standard InChI is InChI=1S/C14H15NO4/c1-2-9-5-12(17)19-10-6-11(16)15-14(13(9)10)18-7-8-3-4-8/h5,8H,2-4,6-7H2,1H3. The molecule has 0 spiro atoms. The first-order chi connectivity index (χ1) is 9.17. The molecule has 1 fully saturated rings. The predicted octanol–water partition coefficient (Wildman–Crippen LogP) is 1.46. The number of rotatable bonds is 3. The summed E-state index contributed by atoms with van der Waals surface area (Å²) in [7, 11) is 0. The van der Waals surface area contributed by atoms with E-state index in [1.807, 2.05) is 6.92 Å². The van der Waals surface area contributed by atoms with E-state index < -0.39 is 5.63 Å². The van der Waals surface area contributed by atoms with E-state index in [9.17, 15) is 9.59 Å². The van der Waals surface area contributed by atoms with Crippen LogP contribution in [0.3, 0.4) is 0 Å². The number of nitrogens with zero attached hydrogens (tertiary/aromatic N) is 1. The molecule has 1 aromatic heterocycles. The Hall–Kier alpha value is -1.91. The second-order valence-electron chi connectivity index (χ2n) is 4.98. The number of amides is 1. The van der Waals surface area contributed by atoms with Crippen LogP contribution >= 0.6 is 0 Å². The van der Waals surface area contributed by atoms with Gasteiger partial charge in [-0.1, -0.05) is 6.92 Å². The average Bonchev–Trinajstić information content (AvgIpc) is 3.18. The SMILES string of the molecule is CCc1cc(=O)oc2c1C(OCC1CC1)=NC(=O)C2. The van der Waals surface area contributed by atoms with Gasteiger partial charge in [-0.3, -0.25) is 4.79 Å². The number of aliphatic imine (C=N–C) groups is 1. The maximum absolute atomic E-state index is 11.6. The molecule has 5 nitrogen and oxygen atoms in total. The maximum atomic E-state index is 11.6. The zero-order valence-corrected chi connectivity index (χ0v) is 10.8. The summed E-state index contributed by atoms with van der Waals surface area (Å²) < 4.78 is 10.8. The van der Waals surface area contributed by atoms with Crippen molar-refractivity contribution in [3.05, 3.63) is 33.4 Å². The molecule has 1 aliphatic heterocycles. The van der Waals surface area contributed by atoms with Crippen molar-refractivity contribution >= 4 is 11.8 Å². The molecule has 1 aromatic rings. The van der Waals surface area contributed by atoms with Crippen molar-refractivity contribution in [3.63, 3.8) is 0 Å². The zero-order chi connectivity index (χ0) is 13.4. The lowest BCUT2D eigenvalue weighted by Crippen LogP contribution is -2.24. The van der Waals surface area contributed by atoms with Crippen LogP contribution in [-0.4, -0.2) is 18.4 Å². The summed E-state index contributed by atoms with van der Waals surface area (Å²) in [5.74, 6) is 0.951. The first kappa shape index (κ1) is 12.1. The van der Waals surface area contributed by atoms with Gasteiger partial charge >= 0.3 is 5.63 Å². The molecule has 0 radical (unpaired) electrons. The van der Waals surface area contributed by atoms with Crippen LogP contribution in [0.5, 0.6) is 0 Å². The van der Waals surface area contributed by atoms with Gasteiger partial charge < -0.3 is 9.15 Å². The minimum absolute atomic E-state index is 0.0364. The lowest BCUT2D eigenvalue weighted by Gasteiger charge is -2.17. The smallest absolute Gasteiger partial charge is 0.336 e. The van der Waals surface area contributed by atoms with Crippen LogP contribution in [0.25, 0.3) is 0 Å². The molecule has 5 heteroatoms. The van der Waals surface area contributed by atoms with Gasteiger partial charge in [-0.2, -0.15) is 4.99 Å². The molecule has 2 aliphatic rings. The highest BCUT2D eigenvalue weighted by Crippen LogP contribution is 2.30. The molecule has 0 N–H and O–H groups in total. The molecule has 1 aliphatic carbocycles. The van der Waals surface area contributed by atoms with Gasteiger partial charge in [0.05, 0.1) is 18.6 Å². The van der Waals surface area contributed by atoms with Gasteiger partial charge in [0.2, 0.25) is 5.90 Å². The van der Waals surface area contributed by atoms with Crippen molar-refractivity contribution in [1.82, 2.24) is 0 Å². The van der Waals surface area contributed by atoms with Gasteiger partial charge in [0, 0.05) is 6.07 Å². The fraction of sp³-hybridized carbons (Fsp3) is 0.500. The van der Waals surface area contributed by atoms with Gasteiger partial charge in [0.1, 0.15) is 5.76 Å². The third-order valence-electron chi connectivity index (χ3n) is 3.40. The summed E-state index contributed by atoms with van der Waals surface area (Å²) in [6, 6.07) is 1.45. The van der Waals surface area contributed by atoms with Gasteiger partial charge in [0.15, 0.2) is 0 Å². The third kappa shape index (κ3) is 2.45. The molecule has 0 aromatic carbocycles. The largest absolute Gasteiger partial charge is 0.477 e. The number of ether oxygens (including phenoxy) is 1. The Morgan fingerprint density at radius 1 is 1.42 bits per heavy atom. The van der Waals surface area contributed by atoms with Crippen LogP contribution in [-0.2, 0) is 22.4 Å². The number of fused-ring (bicyclic) bond motifs is 1. The molecule has 1 saturated carbocycles. The van der Waals surface area contributed by atoms with E-state index in [1.165, 1.54) is 18.9 Å². The summed E-state index contributed by atoms with van der Waals surface area (Å²) in [6.07, 6.45) is 3.04. The van der Waals surface area contributed by atoms with E-state index in [0.717, 1.165) is 5.56 Å². The number of hydrogen-bond acceptors (Lipinski definition) is 4. The van der Waals surface area contributed by atoms with E-state index in [0.29, 0.717) is 36.2 Å². The van der Waals surface area contributed by atoms with Gasteiger partial charge in [-0.25, -0.2) is 4.79 Å². The van der Waals surface area contributed by atoms with Gasteiger partial charge in [-0.15, -0.1) is 0 Å². The summed E-state index contributed by atoms with van der Waals surface area (Å²) in [4.78, 5) is 27.0. The van der Waals surface area contributed by atoms with Crippen molar-refractivity contribution in [2.75, 3.05) is 6.61 Å².